The average molecular weight is 349 g/mol. The molecule has 0 radical (unpaired) electrons. The molecule has 21 heavy (non-hydrogen) atoms. The monoisotopic (exact) mass is 347 g/mol. The van der Waals surface area contributed by atoms with Crippen LogP contribution in [0.5, 0.6) is 0 Å². The Morgan fingerprint density at radius 1 is 1.05 bits per heavy atom. The topological polar surface area (TPSA) is 38.3 Å². The number of benzene rings is 2. The highest BCUT2D eigenvalue weighted by Gasteiger charge is 2.13. The average Bonchev–Trinajstić information content (AvgIpc) is 2.42. The molecule has 0 bridgehead atoms. The van der Waals surface area contributed by atoms with Crippen molar-refractivity contribution in [1.82, 2.24) is 0 Å². The highest BCUT2D eigenvalue weighted by Crippen LogP contribution is 2.30. The Balaban J connectivity index is 2.03. The number of anilines is 1. The molecular formula is C14H9Cl3FNO2. The van der Waals surface area contributed by atoms with Gasteiger partial charge in [-0.1, -0.05) is 46.9 Å². The van der Waals surface area contributed by atoms with Gasteiger partial charge in [-0.3, -0.25) is 5.32 Å². The van der Waals surface area contributed by atoms with Gasteiger partial charge in [0.1, 0.15) is 12.4 Å². The Bertz CT molecular complexity index is 639. The summed E-state index contributed by atoms with van der Waals surface area (Å²) in [7, 11) is 0. The van der Waals surface area contributed by atoms with Gasteiger partial charge in [-0.15, -0.1) is 0 Å². The minimum absolute atomic E-state index is 0.0968. The molecule has 0 saturated carbocycles. The van der Waals surface area contributed by atoms with Gasteiger partial charge in [0.15, 0.2) is 0 Å². The normalized spacial score (nSPS) is 10.3. The first kappa shape index (κ1) is 15.9. The van der Waals surface area contributed by atoms with Crippen molar-refractivity contribution in [2.45, 2.75) is 6.61 Å². The summed E-state index contributed by atoms with van der Waals surface area (Å²) < 4.78 is 18.4. The molecule has 0 saturated heterocycles. The fourth-order valence-electron chi connectivity index (χ4n) is 1.56. The Labute approximate surface area is 135 Å². The highest BCUT2D eigenvalue weighted by molar-refractivity contribution is 6.39. The van der Waals surface area contributed by atoms with Gasteiger partial charge in [-0.05, 0) is 24.3 Å². The van der Waals surface area contributed by atoms with E-state index in [9.17, 15) is 9.18 Å². The van der Waals surface area contributed by atoms with Crippen LogP contribution in [0, 0.1) is 5.82 Å². The van der Waals surface area contributed by atoms with Crippen molar-refractivity contribution in [3.63, 3.8) is 0 Å². The van der Waals surface area contributed by atoms with Crippen LogP contribution in [0.1, 0.15) is 5.56 Å². The van der Waals surface area contributed by atoms with Gasteiger partial charge in [0.2, 0.25) is 0 Å². The van der Waals surface area contributed by atoms with Gasteiger partial charge in [0.05, 0.1) is 20.8 Å². The second kappa shape index (κ2) is 6.98. The smallest absolute Gasteiger partial charge is 0.412 e. The van der Waals surface area contributed by atoms with Crippen LogP contribution in [0.4, 0.5) is 14.9 Å². The first-order valence-electron chi connectivity index (χ1n) is 5.79. The molecule has 1 amide bonds. The maximum Gasteiger partial charge on any atom is 0.412 e. The molecule has 0 heterocycles. The lowest BCUT2D eigenvalue weighted by Crippen LogP contribution is -2.14. The number of rotatable bonds is 3. The van der Waals surface area contributed by atoms with Crippen LogP contribution < -0.4 is 5.32 Å². The molecule has 7 heteroatoms. The predicted octanol–water partition coefficient (Wildman–Crippen LogP) is 5.53. The lowest BCUT2D eigenvalue weighted by atomic mass is 10.2. The summed E-state index contributed by atoms with van der Waals surface area (Å²) in [6.07, 6.45) is -0.815. The van der Waals surface area contributed by atoms with Crippen LogP contribution in [-0.4, -0.2) is 6.09 Å². The van der Waals surface area contributed by atoms with E-state index in [2.05, 4.69) is 5.32 Å². The van der Waals surface area contributed by atoms with Gasteiger partial charge < -0.3 is 4.74 Å². The van der Waals surface area contributed by atoms with E-state index in [0.29, 0.717) is 0 Å². The van der Waals surface area contributed by atoms with Crippen molar-refractivity contribution < 1.29 is 13.9 Å². The molecule has 110 valence electrons. The Morgan fingerprint density at radius 3 is 2.24 bits per heavy atom. The van der Waals surface area contributed by atoms with Crippen LogP contribution >= 0.6 is 34.8 Å². The molecule has 2 aromatic carbocycles. The summed E-state index contributed by atoms with van der Waals surface area (Å²) in [4.78, 5) is 11.7. The number of hydrogen-bond donors (Lipinski definition) is 1. The second-order valence-electron chi connectivity index (χ2n) is 4.00. The molecule has 0 aliphatic heterocycles. The van der Waals surface area contributed by atoms with Crippen molar-refractivity contribution in [3.8, 4) is 0 Å². The summed E-state index contributed by atoms with van der Waals surface area (Å²) >= 11 is 17.6. The third kappa shape index (κ3) is 4.00. The van der Waals surface area contributed by atoms with Crippen LogP contribution in [-0.2, 0) is 11.3 Å². The van der Waals surface area contributed by atoms with Gasteiger partial charge in [0.25, 0.3) is 0 Å². The van der Waals surface area contributed by atoms with E-state index in [1.807, 2.05) is 0 Å². The quantitative estimate of drug-likeness (QED) is 0.791. The van der Waals surface area contributed by atoms with Crippen molar-refractivity contribution in [3.05, 3.63) is 62.8 Å². The molecule has 0 aliphatic rings. The molecule has 3 nitrogen and oxygen atoms in total. The third-order valence-electron chi connectivity index (χ3n) is 2.60. The largest absolute Gasteiger partial charge is 0.444 e. The van der Waals surface area contributed by atoms with Crippen molar-refractivity contribution in [1.29, 1.82) is 0 Å². The standard InChI is InChI=1S/C14H9Cl3FNO2/c15-9-3-2-6-12(18)8(9)7-21-14(20)19-13-10(16)4-1-5-11(13)17/h1-6H,7H2,(H,19,20). The molecule has 0 atom stereocenters. The number of amides is 1. The van der Waals surface area contributed by atoms with E-state index in [0.717, 1.165) is 0 Å². The van der Waals surface area contributed by atoms with Gasteiger partial charge in [-0.25, -0.2) is 9.18 Å². The van der Waals surface area contributed by atoms with E-state index >= 15 is 0 Å². The van der Waals surface area contributed by atoms with Crippen molar-refractivity contribution >= 4 is 46.6 Å². The minimum atomic E-state index is -0.815. The maximum absolute atomic E-state index is 13.5. The Kier molecular flexibility index (Phi) is 5.28. The van der Waals surface area contributed by atoms with Crippen LogP contribution in [0.15, 0.2) is 36.4 Å². The van der Waals surface area contributed by atoms with E-state index in [1.165, 1.54) is 18.2 Å². The van der Waals surface area contributed by atoms with E-state index in [-0.39, 0.29) is 32.9 Å². The zero-order valence-electron chi connectivity index (χ0n) is 10.5. The van der Waals surface area contributed by atoms with E-state index < -0.39 is 11.9 Å². The lowest BCUT2D eigenvalue weighted by Gasteiger charge is -2.11. The first-order chi connectivity index (χ1) is 9.99. The molecule has 0 aliphatic carbocycles. The lowest BCUT2D eigenvalue weighted by molar-refractivity contribution is 0.154. The van der Waals surface area contributed by atoms with Crippen LogP contribution in [0.3, 0.4) is 0 Å². The summed E-state index contributed by atoms with van der Waals surface area (Å²) in [5, 5.41) is 3.11. The Hall–Kier alpha value is -1.49. The summed E-state index contributed by atoms with van der Waals surface area (Å²) in [6, 6.07) is 8.97. The first-order valence-corrected chi connectivity index (χ1v) is 6.93. The molecule has 2 aromatic rings. The van der Waals surface area contributed by atoms with Crippen molar-refractivity contribution in [2.75, 3.05) is 5.32 Å². The summed E-state index contributed by atoms with van der Waals surface area (Å²) in [6.45, 7) is -0.306. The Morgan fingerprint density at radius 2 is 1.62 bits per heavy atom. The maximum atomic E-state index is 13.5. The van der Waals surface area contributed by atoms with Gasteiger partial charge >= 0.3 is 6.09 Å². The van der Waals surface area contributed by atoms with Crippen molar-refractivity contribution in [2.24, 2.45) is 0 Å². The fourth-order valence-corrected chi connectivity index (χ4v) is 2.27. The number of carbonyl (C=O) groups excluding carboxylic acids is 1. The number of carbonyl (C=O) groups is 1. The second-order valence-corrected chi connectivity index (χ2v) is 5.22. The predicted molar refractivity (Wildman–Crippen MR) is 81.7 cm³/mol. The molecule has 1 N–H and O–H groups in total. The molecule has 0 aromatic heterocycles. The van der Waals surface area contributed by atoms with Gasteiger partial charge in [-0.2, -0.15) is 0 Å². The van der Waals surface area contributed by atoms with Crippen LogP contribution in [0.25, 0.3) is 0 Å². The third-order valence-corrected chi connectivity index (χ3v) is 3.58. The molecule has 0 spiro atoms. The molecule has 2 rings (SSSR count). The number of para-hydroxylation sites is 1. The number of hydrogen-bond acceptors (Lipinski definition) is 2. The summed E-state index contributed by atoms with van der Waals surface area (Å²) in [5.41, 5.74) is 0.324. The fraction of sp³-hybridized carbons (Fsp3) is 0.0714. The highest BCUT2D eigenvalue weighted by atomic mass is 35.5. The number of ether oxygens (including phenoxy) is 1. The number of halogens is 4. The summed E-state index contributed by atoms with van der Waals surface area (Å²) in [5.74, 6) is -0.550. The van der Waals surface area contributed by atoms with E-state index in [4.69, 9.17) is 39.5 Å². The molecular weight excluding hydrogens is 340 g/mol. The minimum Gasteiger partial charge on any atom is -0.444 e. The zero-order chi connectivity index (χ0) is 15.4. The molecule has 0 unspecified atom stereocenters. The zero-order valence-corrected chi connectivity index (χ0v) is 12.8. The number of nitrogens with one attached hydrogen (secondary N) is 1. The molecule has 0 fully saturated rings. The van der Waals surface area contributed by atoms with E-state index in [1.54, 1.807) is 18.2 Å². The SMILES string of the molecule is O=C(Nc1c(Cl)cccc1Cl)OCc1c(F)cccc1Cl. The van der Waals surface area contributed by atoms with Crippen LogP contribution in [0.2, 0.25) is 15.1 Å². The van der Waals surface area contributed by atoms with Gasteiger partial charge in [0, 0.05) is 5.56 Å².